The van der Waals surface area contributed by atoms with Gasteiger partial charge in [0, 0.05) is 0 Å². The Morgan fingerprint density at radius 1 is 0.579 bits per heavy atom. The topological polar surface area (TPSA) is 0 Å². The van der Waals surface area contributed by atoms with E-state index in [2.05, 4.69) is 62.4 Å². The molecule has 1 aromatic heterocycles. The molecule has 2 aromatic carbocycles. The quantitative estimate of drug-likeness (QED) is 0.252. The predicted octanol–water partition coefficient (Wildman–Crippen LogP) is 11.9. The molecule has 0 amide bonds. The molecule has 196 valence electrons. The first-order chi connectivity index (χ1) is 18.6. The molecule has 9 heteroatoms. The van der Waals surface area contributed by atoms with E-state index in [0.29, 0.717) is 0 Å². The van der Waals surface area contributed by atoms with Gasteiger partial charge in [0.05, 0.1) is 25.4 Å². The molecular formula is C29H26S9. The lowest BCUT2D eigenvalue weighted by atomic mass is 9.94. The van der Waals surface area contributed by atoms with Crippen LogP contribution in [0.5, 0.6) is 0 Å². The van der Waals surface area contributed by atoms with Gasteiger partial charge in [-0.2, -0.15) is 0 Å². The van der Waals surface area contributed by atoms with Crippen molar-refractivity contribution in [1.82, 2.24) is 0 Å². The molecule has 0 saturated heterocycles. The highest BCUT2D eigenvalue weighted by Gasteiger charge is 2.26. The van der Waals surface area contributed by atoms with E-state index in [1.807, 2.05) is 70.6 Å². The molecule has 9 rings (SSSR count). The molecule has 4 aliphatic carbocycles. The van der Waals surface area contributed by atoms with E-state index in [1.54, 1.807) is 28.2 Å². The van der Waals surface area contributed by atoms with E-state index >= 15 is 0 Å². The summed E-state index contributed by atoms with van der Waals surface area (Å²) >= 11 is 20.9. The van der Waals surface area contributed by atoms with E-state index in [-0.39, 0.29) is 0 Å². The van der Waals surface area contributed by atoms with Crippen LogP contribution in [0.4, 0.5) is 0 Å². The summed E-state index contributed by atoms with van der Waals surface area (Å²) in [7, 11) is 0. The molecule has 0 saturated carbocycles. The fourth-order valence-electron chi connectivity index (χ4n) is 4.52. The average molecular weight is 663 g/mol. The standard InChI is InChI=1S/C29H26S9/c1-3-31-25-26(32-4-2)34-23(33-25)21-13-17-5-9-19(10-6-17)15-22(16-20-11-7-18(14-21)8-12-20)24-35-27-28(36-24)38-29(30)37-27/h5-12H,3-4,13-16H2,1-2H3. The maximum absolute atomic E-state index is 5.44. The van der Waals surface area contributed by atoms with Crippen LogP contribution in [0.25, 0.3) is 0 Å². The van der Waals surface area contributed by atoms with E-state index in [1.165, 1.54) is 53.2 Å². The van der Waals surface area contributed by atoms with Crippen LogP contribution in [0, 0.1) is 3.14 Å². The van der Waals surface area contributed by atoms with Crippen molar-refractivity contribution in [3.63, 3.8) is 0 Å². The van der Waals surface area contributed by atoms with Crippen LogP contribution in [0.1, 0.15) is 36.1 Å². The minimum Gasteiger partial charge on any atom is -0.118 e. The first kappa shape index (κ1) is 28.2. The monoisotopic (exact) mass is 662 g/mol. The smallest absolute Gasteiger partial charge is 0.118 e. The van der Waals surface area contributed by atoms with Gasteiger partial charge >= 0.3 is 0 Å². The molecule has 4 bridgehead atoms. The Balaban J connectivity index is 1.33. The van der Waals surface area contributed by atoms with Crippen LogP contribution in [-0.4, -0.2) is 11.5 Å². The predicted molar refractivity (Wildman–Crippen MR) is 185 cm³/mol. The molecule has 38 heavy (non-hydrogen) atoms. The van der Waals surface area contributed by atoms with Gasteiger partial charge in [0.1, 0.15) is 3.14 Å². The number of allylic oxidation sites excluding steroid dienone is 2. The van der Waals surface area contributed by atoms with E-state index in [0.717, 1.165) is 40.3 Å². The summed E-state index contributed by atoms with van der Waals surface area (Å²) in [5, 5.41) is 0. The van der Waals surface area contributed by atoms with E-state index < -0.39 is 0 Å². The van der Waals surface area contributed by atoms with Gasteiger partial charge in [0.2, 0.25) is 0 Å². The van der Waals surface area contributed by atoms with Gasteiger partial charge in [0.15, 0.2) is 0 Å². The SMILES string of the molecule is CCSC1=C(SCC)SC(=C2Cc3ccc(cc3)CC(=C3Sc4sc(=S)sc4S3)Cc3ccc(cc3)C2)S1. The molecule has 3 heterocycles. The van der Waals surface area contributed by atoms with Gasteiger partial charge in [-0.15, -0.1) is 46.2 Å². The number of thioether (sulfide) groups is 6. The minimum absolute atomic E-state index is 0.997. The van der Waals surface area contributed by atoms with Crippen molar-refractivity contribution < 1.29 is 0 Å². The molecule has 0 radical (unpaired) electrons. The lowest BCUT2D eigenvalue weighted by molar-refractivity contribution is 1.00. The summed E-state index contributed by atoms with van der Waals surface area (Å²) in [5.74, 6) is 2.25. The Hall–Kier alpha value is 0.0300. The Labute approximate surface area is 264 Å². The van der Waals surface area contributed by atoms with Gasteiger partial charge in [-0.05, 0) is 70.6 Å². The van der Waals surface area contributed by atoms with Crippen molar-refractivity contribution in [2.75, 3.05) is 11.5 Å². The van der Waals surface area contributed by atoms with Gasteiger partial charge < -0.3 is 0 Å². The van der Waals surface area contributed by atoms with Crippen LogP contribution in [-0.2, 0) is 25.7 Å². The Kier molecular flexibility index (Phi) is 9.57. The molecule has 0 fully saturated rings. The second-order valence-corrected chi connectivity index (χ2v) is 20.4. The lowest BCUT2D eigenvalue weighted by Crippen LogP contribution is -2.02. The minimum atomic E-state index is 0.997. The van der Waals surface area contributed by atoms with Crippen LogP contribution in [0.2, 0.25) is 0 Å². The summed E-state index contributed by atoms with van der Waals surface area (Å²) in [5.41, 5.74) is 8.69. The summed E-state index contributed by atoms with van der Waals surface area (Å²) in [6.07, 6.45) is 4.01. The van der Waals surface area contributed by atoms with Gasteiger partial charge in [0.25, 0.3) is 0 Å². The molecule has 3 aromatic rings. The first-order valence-corrected chi connectivity index (χ1v) is 19.8. The van der Waals surface area contributed by atoms with Crippen molar-refractivity contribution in [1.29, 1.82) is 0 Å². The fourth-order valence-corrected chi connectivity index (χ4v) is 16.9. The van der Waals surface area contributed by atoms with E-state index in [4.69, 9.17) is 12.2 Å². The highest BCUT2D eigenvalue weighted by Crippen LogP contribution is 2.59. The third-order valence-electron chi connectivity index (χ3n) is 6.27. The second-order valence-electron chi connectivity index (χ2n) is 9.00. The highest BCUT2D eigenvalue weighted by atomic mass is 32.3. The second kappa shape index (κ2) is 12.9. The molecule has 0 atom stereocenters. The fraction of sp³-hybridized carbons (Fsp3) is 0.276. The highest BCUT2D eigenvalue weighted by molar-refractivity contribution is 8.40. The van der Waals surface area contributed by atoms with Crippen molar-refractivity contribution in [2.45, 2.75) is 47.9 Å². The first-order valence-electron chi connectivity index (χ1n) is 12.5. The molecule has 0 spiro atoms. The van der Waals surface area contributed by atoms with Crippen LogP contribution in [0.3, 0.4) is 0 Å². The molecule has 0 N–H and O–H groups in total. The maximum Gasteiger partial charge on any atom is 0.145 e. The average Bonchev–Trinajstić information content (AvgIpc) is 3.59. The Morgan fingerprint density at radius 3 is 1.26 bits per heavy atom. The summed E-state index contributed by atoms with van der Waals surface area (Å²) < 4.78 is 9.76. The zero-order chi connectivity index (χ0) is 26.1. The molecule has 6 aliphatic rings. The van der Waals surface area contributed by atoms with Crippen molar-refractivity contribution in [2.24, 2.45) is 0 Å². The number of rotatable bonds is 4. The van der Waals surface area contributed by atoms with Crippen LogP contribution < -0.4 is 0 Å². The third kappa shape index (κ3) is 6.57. The van der Waals surface area contributed by atoms with E-state index in [9.17, 15) is 0 Å². The Morgan fingerprint density at radius 2 is 0.921 bits per heavy atom. The molecule has 2 aliphatic heterocycles. The normalized spacial score (nSPS) is 17.6. The zero-order valence-electron chi connectivity index (χ0n) is 21.0. The summed E-state index contributed by atoms with van der Waals surface area (Å²) in [6.45, 7) is 4.52. The maximum atomic E-state index is 5.44. The number of hydrogen-bond acceptors (Lipinski definition) is 9. The van der Waals surface area contributed by atoms with Gasteiger partial charge in [-0.25, -0.2) is 0 Å². The van der Waals surface area contributed by atoms with Crippen molar-refractivity contribution >= 4 is 105 Å². The molecular weight excluding hydrogens is 637 g/mol. The summed E-state index contributed by atoms with van der Waals surface area (Å²) in [4.78, 5) is 0. The lowest BCUT2D eigenvalue weighted by Gasteiger charge is -2.16. The third-order valence-corrected chi connectivity index (χ3v) is 17.6. The zero-order valence-corrected chi connectivity index (χ0v) is 28.4. The number of fused-ring (bicyclic) bond motifs is 1. The van der Waals surface area contributed by atoms with Gasteiger partial charge in [-0.1, -0.05) is 122 Å². The van der Waals surface area contributed by atoms with Crippen molar-refractivity contribution in [3.05, 3.63) is 102 Å². The number of hydrogen-bond donors (Lipinski definition) is 0. The van der Waals surface area contributed by atoms with Gasteiger partial charge in [-0.3, -0.25) is 0 Å². The van der Waals surface area contributed by atoms with Crippen LogP contribution >= 0.6 is 105 Å². The largest absolute Gasteiger partial charge is 0.145 e. The van der Waals surface area contributed by atoms with Crippen molar-refractivity contribution in [3.8, 4) is 0 Å². The van der Waals surface area contributed by atoms with Crippen LogP contribution in [0.15, 0.2) is 85.0 Å². The summed E-state index contributed by atoms with van der Waals surface area (Å²) in [6, 6.07) is 18.9. The number of benzene rings is 2. The Bertz CT molecular complexity index is 1380. The molecule has 0 unspecified atom stereocenters. The molecule has 0 nitrogen and oxygen atoms in total.